The first-order valence-electron chi connectivity index (χ1n) is 7.33. The van der Waals surface area contributed by atoms with E-state index in [1.807, 2.05) is 6.92 Å². The number of benzene rings is 2. The fourth-order valence-corrected chi connectivity index (χ4v) is 2.53. The Morgan fingerprint density at radius 2 is 1.92 bits per heavy atom. The Bertz CT molecular complexity index is 748. The first-order valence-corrected chi connectivity index (χ1v) is 8.55. The second kappa shape index (κ2) is 8.35. The van der Waals surface area contributed by atoms with Crippen LogP contribution in [0, 0.1) is 10.1 Å². The number of carbonyl (C=O) groups is 1. The van der Waals surface area contributed by atoms with Crippen molar-refractivity contribution in [2.45, 2.75) is 18.2 Å². The summed E-state index contributed by atoms with van der Waals surface area (Å²) in [6.45, 7) is 2.48. The fraction of sp³-hybridized carbons (Fsp3) is 0.235. The molecule has 0 atom stereocenters. The van der Waals surface area contributed by atoms with Crippen molar-refractivity contribution in [2.24, 2.45) is 0 Å². The lowest BCUT2D eigenvalue weighted by Crippen LogP contribution is -2.10. The molecule has 0 aliphatic rings. The van der Waals surface area contributed by atoms with E-state index in [2.05, 4.69) is 0 Å². The molecule has 0 fully saturated rings. The molecule has 0 bridgehead atoms. The summed E-state index contributed by atoms with van der Waals surface area (Å²) in [5, 5.41) is 11.1. The number of hydrogen-bond acceptors (Lipinski definition) is 6. The summed E-state index contributed by atoms with van der Waals surface area (Å²) in [5.41, 5.74) is -0.00253. The van der Waals surface area contributed by atoms with Gasteiger partial charge in [-0.2, -0.15) is 0 Å². The Morgan fingerprint density at radius 3 is 2.54 bits per heavy atom. The van der Waals surface area contributed by atoms with Gasteiger partial charge in [0.2, 0.25) is 0 Å². The number of thioether (sulfide) groups is 1. The number of carbonyl (C=O) groups excluding carboxylic acids is 1. The maximum atomic E-state index is 12.3. The smallest absolute Gasteiger partial charge is 0.343 e. The van der Waals surface area contributed by atoms with E-state index in [1.165, 1.54) is 23.9 Å². The van der Waals surface area contributed by atoms with Gasteiger partial charge in [-0.15, -0.1) is 11.8 Å². The van der Waals surface area contributed by atoms with E-state index in [1.54, 1.807) is 36.6 Å². The minimum Gasteiger partial charge on any atom is -0.490 e. The van der Waals surface area contributed by atoms with Gasteiger partial charge in [-0.3, -0.25) is 10.1 Å². The molecule has 0 saturated carbocycles. The Morgan fingerprint density at radius 1 is 1.21 bits per heavy atom. The van der Waals surface area contributed by atoms with Gasteiger partial charge in [-0.25, -0.2) is 4.79 Å². The van der Waals surface area contributed by atoms with Crippen LogP contribution in [0.5, 0.6) is 11.5 Å². The molecule has 6 nitrogen and oxygen atoms in total. The largest absolute Gasteiger partial charge is 0.490 e. The quantitative estimate of drug-likeness (QED) is 0.244. The SMILES string of the molecule is CCCOc1ccccc1OC(=O)c1ccc(SC)c([N+](=O)[O-])c1. The van der Waals surface area contributed by atoms with Crippen LogP contribution >= 0.6 is 11.8 Å². The van der Waals surface area contributed by atoms with Gasteiger partial charge < -0.3 is 9.47 Å². The van der Waals surface area contributed by atoms with Crippen molar-refractivity contribution in [1.82, 2.24) is 0 Å². The fourth-order valence-electron chi connectivity index (χ4n) is 1.98. The van der Waals surface area contributed by atoms with Crippen LogP contribution in [0.4, 0.5) is 5.69 Å². The maximum absolute atomic E-state index is 12.3. The number of nitrogens with zero attached hydrogens (tertiary/aromatic N) is 1. The predicted octanol–water partition coefficient (Wildman–Crippen LogP) is 4.32. The third kappa shape index (κ3) is 4.26. The number of nitro benzene ring substituents is 1. The highest BCUT2D eigenvalue weighted by atomic mass is 32.2. The van der Waals surface area contributed by atoms with E-state index in [9.17, 15) is 14.9 Å². The van der Waals surface area contributed by atoms with Crippen molar-refractivity contribution in [3.05, 3.63) is 58.1 Å². The second-order valence-corrected chi connectivity index (χ2v) is 5.68. The number of hydrogen-bond donors (Lipinski definition) is 0. The molecule has 2 aromatic rings. The molecule has 0 aromatic heterocycles. The van der Waals surface area contributed by atoms with Crippen molar-refractivity contribution < 1.29 is 19.2 Å². The summed E-state index contributed by atoms with van der Waals surface area (Å²) in [4.78, 5) is 23.4. The molecule has 0 unspecified atom stereocenters. The molecule has 0 heterocycles. The van der Waals surface area contributed by atoms with E-state index >= 15 is 0 Å². The van der Waals surface area contributed by atoms with Crippen LogP contribution in [0.1, 0.15) is 23.7 Å². The Kier molecular flexibility index (Phi) is 6.20. The lowest BCUT2D eigenvalue weighted by atomic mass is 10.2. The summed E-state index contributed by atoms with van der Waals surface area (Å²) in [6, 6.07) is 11.1. The van der Waals surface area contributed by atoms with E-state index in [0.717, 1.165) is 6.42 Å². The van der Waals surface area contributed by atoms with Crippen LogP contribution in [-0.2, 0) is 0 Å². The highest BCUT2D eigenvalue weighted by Gasteiger charge is 2.19. The summed E-state index contributed by atoms with van der Waals surface area (Å²) in [5.74, 6) is 0.0776. The molecule has 126 valence electrons. The minimum atomic E-state index is -0.668. The molecule has 2 rings (SSSR count). The van der Waals surface area contributed by atoms with Gasteiger partial charge in [0.25, 0.3) is 5.69 Å². The van der Waals surface area contributed by atoms with Crippen LogP contribution in [0.25, 0.3) is 0 Å². The molecule has 2 aromatic carbocycles. The number of nitro groups is 1. The minimum absolute atomic E-state index is 0.116. The van der Waals surface area contributed by atoms with Gasteiger partial charge in [0.05, 0.1) is 22.0 Å². The molecule has 0 saturated heterocycles. The Hall–Kier alpha value is -2.54. The molecule has 7 heteroatoms. The highest BCUT2D eigenvalue weighted by Crippen LogP contribution is 2.30. The standard InChI is InChI=1S/C17H17NO5S/c1-3-10-22-14-6-4-5-7-15(14)23-17(19)12-8-9-16(24-2)13(11-12)18(20)21/h4-9,11H,3,10H2,1-2H3. The number of para-hydroxylation sites is 2. The molecule has 0 amide bonds. The Balaban J connectivity index is 2.24. The van der Waals surface area contributed by atoms with Crippen molar-refractivity contribution >= 4 is 23.4 Å². The van der Waals surface area contributed by atoms with E-state index in [4.69, 9.17) is 9.47 Å². The number of ether oxygens (including phenoxy) is 2. The highest BCUT2D eigenvalue weighted by molar-refractivity contribution is 7.98. The average Bonchev–Trinajstić information content (AvgIpc) is 2.60. The van der Waals surface area contributed by atoms with Crippen LogP contribution in [0.15, 0.2) is 47.4 Å². The summed E-state index contributed by atoms with van der Waals surface area (Å²) < 4.78 is 10.9. The van der Waals surface area contributed by atoms with Crippen molar-refractivity contribution in [1.29, 1.82) is 0 Å². The zero-order valence-corrected chi connectivity index (χ0v) is 14.2. The van der Waals surface area contributed by atoms with Crippen LogP contribution in [0.2, 0.25) is 0 Å². The van der Waals surface area contributed by atoms with Crippen molar-refractivity contribution in [2.75, 3.05) is 12.9 Å². The average molecular weight is 347 g/mol. The van der Waals surface area contributed by atoms with Crippen molar-refractivity contribution in [3.63, 3.8) is 0 Å². The predicted molar refractivity (Wildman–Crippen MR) is 92.1 cm³/mol. The van der Waals surface area contributed by atoms with Gasteiger partial charge in [0.15, 0.2) is 11.5 Å². The van der Waals surface area contributed by atoms with Crippen LogP contribution < -0.4 is 9.47 Å². The molecule has 0 N–H and O–H groups in total. The van der Waals surface area contributed by atoms with Crippen LogP contribution in [0.3, 0.4) is 0 Å². The lowest BCUT2D eigenvalue weighted by molar-refractivity contribution is -0.387. The molecular formula is C17H17NO5S. The zero-order valence-electron chi connectivity index (χ0n) is 13.4. The monoisotopic (exact) mass is 347 g/mol. The van der Waals surface area contributed by atoms with Crippen molar-refractivity contribution in [3.8, 4) is 11.5 Å². The van der Waals surface area contributed by atoms with Gasteiger partial charge in [0.1, 0.15) is 0 Å². The lowest BCUT2D eigenvalue weighted by Gasteiger charge is -2.11. The summed E-state index contributed by atoms with van der Waals surface area (Å²) in [7, 11) is 0. The number of esters is 1. The third-order valence-electron chi connectivity index (χ3n) is 3.12. The van der Waals surface area contributed by atoms with Gasteiger partial charge >= 0.3 is 5.97 Å². The van der Waals surface area contributed by atoms with Crippen LogP contribution in [-0.4, -0.2) is 23.8 Å². The first kappa shape index (κ1) is 17.8. The summed E-state index contributed by atoms with van der Waals surface area (Å²) in [6.07, 6.45) is 2.56. The Labute approximate surface area is 143 Å². The second-order valence-electron chi connectivity index (χ2n) is 4.83. The normalized spacial score (nSPS) is 10.2. The van der Waals surface area contributed by atoms with Gasteiger partial charge in [-0.1, -0.05) is 19.1 Å². The molecular weight excluding hydrogens is 330 g/mol. The maximum Gasteiger partial charge on any atom is 0.343 e. The molecule has 0 aliphatic carbocycles. The zero-order chi connectivity index (χ0) is 17.5. The topological polar surface area (TPSA) is 78.7 Å². The first-order chi connectivity index (χ1) is 11.6. The summed E-state index contributed by atoms with van der Waals surface area (Å²) >= 11 is 1.25. The van der Waals surface area contributed by atoms with Gasteiger partial charge in [0, 0.05) is 6.07 Å². The molecule has 0 aliphatic heterocycles. The van der Waals surface area contributed by atoms with E-state index < -0.39 is 10.9 Å². The van der Waals surface area contributed by atoms with Gasteiger partial charge in [-0.05, 0) is 36.9 Å². The number of rotatable bonds is 7. The molecule has 0 radical (unpaired) electrons. The van der Waals surface area contributed by atoms with E-state index in [-0.39, 0.29) is 17.0 Å². The molecule has 0 spiro atoms. The third-order valence-corrected chi connectivity index (χ3v) is 3.91. The van der Waals surface area contributed by atoms with E-state index in [0.29, 0.717) is 17.3 Å². The molecule has 24 heavy (non-hydrogen) atoms.